The first-order chi connectivity index (χ1) is 26.9. The zero-order valence-corrected chi connectivity index (χ0v) is 32.7. The number of hydrogen-bond acceptors (Lipinski definition) is 10. The van der Waals surface area contributed by atoms with Gasteiger partial charge in [0.25, 0.3) is 5.91 Å². The molecular weight excluding hydrogens is 720 g/mol. The molecule has 4 amide bonds. The average Bonchev–Trinajstić information content (AvgIpc) is 3.99. The summed E-state index contributed by atoms with van der Waals surface area (Å²) in [6.07, 6.45) is 3.74. The Kier molecular flexibility index (Phi) is 13.9. The van der Waals surface area contributed by atoms with E-state index in [1.165, 1.54) is 21.3 Å². The van der Waals surface area contributed by atoms with Gasteiger partial charge < -0.3 is 50.2 Å². The Balaban J connectivity index is 1.25. The van der Waals surface area contributed by atoms with Gasteiger partial charge in [0.15, 0.2) is 5.60 Å². The lowest BCUT2D eigenvalue weighted by molar-refractivity contribution is -0.152. The number of rotatable bonds is 17. The fourth-order valence-electron chi connectivity index (χ4n) is 6.81. The van der Waals surface area contributed by atoms with E-state index in [0.29, 0.717) is 24.6 Å². The highest BCUT2D eigenvalue weighted by atomic mass is 16.6. The number of aromatic nitrogens is 4. The van der Waals surface area contributed by atoms with Gasteiger partial charge in [-0.3, -0.25) is 9.59 Å². The lowest BCUT2D eigenvalue weighted by Crippen LogP contribution is -2.51. The van der Waals surface area contributed by atoms with Crippen LogP contribution in [0, 0.1) is 5.92 Å². The van der Waals surface area contributed by atoms with Crippen LogP contribution in [0.4, 0.5) is 9.59 Å². The summed E-state index contributed by atoms with van der Waals surface area (Å²) in [5.41, 5.74) is 9.38. The average molecular weight is 773 g/mol. The van der Waals surface area contributed by atoms with Gasteiger partial charge in [0.1, 0.15) is 17.7 Å². The van der Waals surface area contributed by atoms with Crippen molar-refractivity contribution in [2.45, 2.75) is 70.2 Å². The molecule has 0 aliphatic carbocycles. The topological polar surface area (TPSA) is 216 Å². The van der Waals surface area contributed by atoms with E-state index in [1.54, 1.807) is 24.2 Å². The Morgan fingerprint density at radius 3 is 2.04 bits per heavy atom. The molecule has 1 aliphatic heterocycles. The van der Waals surface area contributed by atoms with Gasteiger partial charge in [0.2, 0.25) is 5.91 Å². The van der Waals surface area contributed by atoms with Crippen molar-refractivity contribution in [2.24, 2.45) is 11.7 Å². The van der Waals surface area contributed by atoms with E-state index in [4.69, 9.17) is 24.7 Å². The Labute approximate surface area is 326 Å². The van der Waals surface area contributed by atoms with Crippen molar-refractivity contribution in [1.29, 1.82) is 0 Å². The summed E-state index contributed by atoms with van der Waals surface area (Å²) < 4.78 is 20.3. The number of H-pyrrole nitrogens is 2. The molecule has 5 rings (SSSR count). The monoisotopic (exact) mass is 772 g/mol. The van der Waals surface area contributed by atoms with Gasteiger partial charge in [0, 0.05) is 40.2 Å². The number of hydrogen-bond donors (Lipinski definition) is 5. The van der Waals surface area contributed by atoms with E-state index in [2.05, 4.69) is 30.6 Å². The molecule has 1 unspecified atom stereocenters. The van der Waals surface area contributed by atoms with Crippen molar-refractivity contribution >= 4 is 24.0 Å². The highest BCUT2D eigenvalue weighted by Crippen LogP contribution is 2.35. The first-order valence-corrected chi connectivity index (χ1v) is 18.6. The summed E-state index contributed by atoms with van der Waals surface area (Å²) in [4.78, 5) is 68.1. The second-order valence-electron chi connectivity index (χ2n) is 14.3. The molecule has 0 bridgehead atoms. The number of nitrogens with zero attached hydrogens (tertiary/aromatic N) is 3. The third-order valence-electron chi connectivity index (χ3n) is 9.97. The molecule has 2 aromatic heterocycles. The summed E-state index contributed by atoms with van der Waals surface area (Å²) in [6, 6.07) is 14.6. The quantitative estimate of drug-likeness (QED) is 0.0938. The number of ether oxygens (including phenoxy) is 4. The maximum absolute atomic E-state index is 13.7. The summed E-state index contributed by atoms with van der Waals surface area (Å²) >= 11 is 0. The highest BCUT2D eigenvalue weighted by Gasteiger charge is 2.44. The van der Waals surface area contributed by atoms with Gasteiger partial charge in [-0.2, -0.15) is 0 Å². The first-order valence-electron chi connectivity index (χ1n) is 18.6. The van der Waals surface area contributed by atoms with E-state index < -0.39 is 29.9 Å². The number of carbonyl (C=O) groups excluding carboxylic acids is 4. The van der Waals surface area contributed by atoms with E-state index in [1.807, 2.05) is 62.4 Å². The molecule has 3 heterocycles. The van der Waals surface area contributed by atoms with E-state index in [-0.39, 0.29) is 49.8 Å². The molecule has 1 fully saturated rings. The summed E-state index contributed by atoms with van der Waals surface area (Å²) in [6.45, 7) is 6.53. The minimum absolute atomic E-state index is 0.00309. The van der Waals surface area contributed by atoms with E-state index in [9.17, 15) is 19.2 Å². The smallest absolute Gasteiger partial charge is 0.407 e. The Bertz CT molecular complexity index is 1940. The van der Waals surface area contributed by atoms with Crippen molar-refractivity contribution in [2.75, 3.05) is 41.1 Å². The maximum Gasteiger partial charge on any atom is 0.407 e. The lowest BCUT2D eigenvalue weighted by Gasteiger charge is -2.34. The van der Waals surface area contributed by atoms with Crippen molar-refractivity contribution in [3.05, 3.63) is 72.6 Å². The zero-order valence-electron chi connectivity index (χ0n) is 32.7. The molecule has 6 N–H and O–H groups in total. The summed E-state index contributed by atoms with van der Waals surface area (Å²) in [5.74, 6) is 0.550. The van der Waals surface area contributed by atoms with Crippen LogP contribution in [0.3, 0.4) is 0 Å². The predicted octanol–water partition coefficient (Wildman–Crippen LogP) is 5.26. The fourth-order valence-corrected chi connectivity index (χ4v) is 6.81. The molecule has 0 saturated carbocycles. The van der Waals surface area contributed by atoms with E-state index in [0.717, 1.165) is 40.1 Å². The van der Waals surface area contributed by atoms with Crippen molar-refractivity contribution in [3.63, 3.8) is 0 Å². The van der Waals surface area contributed by atoms with Gasteiger partial charge in [-0.1, -0.05) is 62.4 Å². The van der Waals surface area contributed by atoms with Crippen LogP contribution in [0.1, 0.15) is 70.2 Å². The number of imidazole rings is 2. The third-order valence-corrected chi connectivity index (χ3v) is 9.97. The molecule has 0 radical (unpaired) electrons. The van der Waals surface area contributed by atoms with Crippen LogP contribution in [0.2, 0.25) is 0 Å². The second kappa shape index (κ2) is 18.7. The third kappa shape index (κ3) is 9.92. The number of aromatic amines is 2. The molecule has 300 valence electrons. The normalized spacial score (nSPS) is 16.2. The van der Waals surface area contributed by atoms with Crippen LogP contribution in [0.25, 0.3) is 33.6 Å². The number of methoxy groups -OCH3 is 3. The summed E-state index contributed by atoms with van der Waals surface area (Å²) in [5, 5.41) is 5.59. The predicted molar refractivity (Wildman–Crippen MR) is 208 cm³/mol. The molecule has 4 atom stereocenters. The van der Waals surface area contributed by atoms with Crippen LogP contribution in [-0.4, -0.2) is 102 Å². The van der Waals surface area contributed by atoms with Gasteiger partial charge in [-0.05, 0) is 47.9 Å². The van der Waals surface area contributed by atoms with Gasteiger partial charge in [0.05, 0.1) is 49.6 Å². The SMILES string of the molecule is COCC[C@H](NC(=O)OC)C(=O)N[C@H](c1ncc(-c2ccc(-c3ccc(-c4cnc([C@@H]5CCCN5C(=O)C(C)(CCOC)OC(N)=O)[nH]4)cc3)cc2)[nH]1)C(C)C. The van der Waals surface area contributed by atoms with Crippen LogP contribution in [-0.2, 0) is 28.5 Å². The molecule has 0 spiro atoms. The molecule has 16 heteroatoms. The number of carbonyl (C=O) groups is 4. The van der Waals surface area contributed by atoms with Crippen LogP contribution in [0.15, 0.2) is 60.9 Å². The van der Waals surface area contributed by atoms with Gasteiger partial charge in [-0.15, -0.1) is 0 Å². The van der Waals surface area contributed by atoms with Crippen molar-refractivity contribution < 1.29 is 38.1 Å². The molecule has 4 aromatic rings. The maximum atomic E-state index is 13.7. The zero-order chi connectivity index (χ0) is 40.4. The van der Waals surface area contributed by atoms with Crippen LogP contribution in [0.5, 0.6) is 0 Å². The Morgan fingerprint density at radius 1 is 0.875 bits per heavy atom. The number of nitrogens with two attached hydrogens (primary N) is 1. The number of nitrogens with one attached hydrogen (secondary N) is 4. The van der Waals surface area contributed by atoms with Gasteiger partial charge >= 0.3 is 12.2 Å². The van der Waals surface area contributed by atoms with E-state index >= 15 is 0 Å². The highest BCUT2D eigenvalue weighted by molar-refractivity contribution is 5.88. The molecule has 1 saturated heterocycles. The molecule has 56 heavy (non-hydrogen) atoms. The standard InChI is InChI=1S/C40H52N8O8/c1-24(2)33(47-36(49)29(17-20-53-4)46-39(52)55-6)35-43-23-31(45-35)28-15-11-26(12-16-28)25-9-13-27(14-10-25)30-22-42-34(44-30)32-8-7-19-48(32)37(50)40(3,18-21-54-5)56-38(41)51/h9-16,22-24,29,32-33H,7-8,17-21H2,1-6H3,(H2,41,51)(H,42,44)(H,43,45)(H,46,52)(H,47,49)/t29-,32-,33-,40?/m0/s1. The minimum atomic E-state index is -1.45. The van der Waals surface area contributed by atoms with Crippen molar-refractivity contribution in [1.82, 2.24) is 35.5 Å². The second-order valence-corrected chi connectivity index (χ2v) is 14.3. The number of likely N-dealkylation sites (tertiary alicyclic amines) is 1. The number of amides is 4. The van der Waals surface area contributed by atoms with Crippen molar-refractivity contribution in [3.8, 4) is 33.6 Å². The molecule has 2 aromatic carbocycles. The fraction of sp³-hybridized carbons (Fsp3) is 0.450. The first kappa shape index (κ1) is 41.4. The minimum Gasteiger partial charge on any atom is -0.453 e. The van der Waals surface area contributed by atoms with Crippen LogP contribution >= 0.6 is 0 Å². The lowest BCUT2D eigenvalue weighted by atomic mass is 9.99. The molecular formula is C40H52N8O8. The number of primary amides is 1. The molecule has 16 nitrogen and oxygen atoms in total. The number of benzene rings is 2. The van der Waals surface area contributed by atoms with Gasteiger partial charge in [-0.25, -0.2) is 19.6 Å². The largest absolute Gasteiger partial charge is 0.453 e. The Hall–Kier alpha value is -5.74. The van der Waals surface area contributed by atoms with Crippen LogP contribution < -0.4 is 16.4 Å². The Morgan fingerprint density at radius 2 is 1.46 bits per heavy atom. The number of alkyl carbamates (subject to hydrolysis) is 1. The molecule has 1 aliphatic rings. The summed E-state index contributed by atoms with van der Waals surface area (Å²) in [7, 11) is 4.29.